The topological polar surface area (TPSA) is 76.5 Å². The molecule has 0 amide bonds. The number of ether oxygens (including phenoxy) is 1. The first-order chi connectivity index (χ1) is 6.19. The second-order valence-corrected chi connectivity index (χ2v) is 2.21. The number of hydrogen-bond donors (Lipinski definition) is 1. The molecule has 0 aliphatic carbocycles. The Labute approximate surface area is 74.0 Å². The predicted molar refractivity (Wildman–Crippen MR) is 43.1 cm³/mol. The Morgan fingerprint density at radius 1 is 1.62 bits per heavy atom. The van der Waals surface area contributed by atoms with E-state index in [4.69, 9.17) is 9.84 Å². The third-order valence-corrected chi connectivity index (χ3v) is 1.45. The highest BCUT2D eigenvalue weighted by Gasteiger charge is 2.11. The van der Waals surface area contributed by atoms with Crippen LogP contribution in [0.4, 0.5) is 0 Å². The Morgan fingerprint density at radius 3 is 2.77 bits per heavy atom. The molecular formula is C8H7NO4. The first kappa shape index (κ1) is 9.18. The number of aromatic carboxylic acids is 1. The zero-order chi connectivity index (χ0) is 9.84. The van der Waals surface area contributed by atoms with E-state index in [-0.39, 0.29) is 17.1 Å². The molecule has 0 atom stereocenters. The van der Waals surface area contributed by atoms with Crippen molar-refractivity contribution >= 4 is 12.3 Å². The van der Waals surface area contributed by atoms with Crippen LogP contribution >= 0.6 is 0 Å². The van der Waals surface area contributed by atoms with Crippen LogP contribution < -0.4 is 4.74 Å². The lowest BCUT2D eigenvalue weighted by molar-refractivity contribution is 0.0693. The number of carbonyl (C=O) groups is 2. The Hall–Kier alpha value is -1.91. The van der Waals surface area contributed by atoms with E-state index in [2.05, 4.69) is 4.98 Å². The van der Waals surface area contributed by atoms with Crippen molar-refractivity contribution in [3.05, 3.63) is 23.4 Å². The molecule has 68 valence electrons. The number of carbonyl (C=O) groups excluding carboxylic acids is 1. The van der Waals surface area contributed by atoms with Gasteiger partial charge in [0, 0.05) is 6.07 Å². The molecular weight excluding hydrogens is 174 g/mol. The fourth-order valence-corrected chi connectivity index (χ4v) is 0.841. The number of nitrogens with zero attached hydrogens (tertiary/aromatic N) is 1. The molecule has 1 aromatic heterocycles. The third kappa shape index (κ3) is 1.81. The summed E-state index contributed by atoms with van der Waals surface area (Å²) >= 11 is 0. The van der Waals surface area contributed by atoms with Crippen LogP contribution in [0.5, 0.6) is 5.88 Å². The number of aromatic nitrogens is 1. The van der Waals surface area contributed by atoms with Gasteiger partial charge in [0.05, 0.1) is 12.7 Å². The van der Waals surface area contributed by atoms with Crippen molar-refractivity contribution < 1.29 is 19.4 Å². The van der Waals surface area contributed by atoms with Gasteiger partial charge in [-0.3, -0.25) is 4.79 Å². The first-order valence-corrected chi connectivity index (χ1v) is 3.42. The van der Waals surface area contributed by atoms with Crippen LogP contribution in [0, 0.1) is 0 Å². The number of carboxylic acids is 1. The zero-order valence-electron chi connectivity index (χ0n) is 6.85. The monoisotopic (exact) mass is 181 g/mol. The van der Waals surface area contributed by atoms with Gasteiger partial charge in [0.25, 0.3) is 0 Å². The highest BCUT2D eigenvalue weighted by molar-refractivity contribution is 5.95. The summed E-state index contributed by atoms with van der Waals surface area (Å²) in [5.41, 5.74) is -0.261. The van der Waals surface area contributed by atoms with Crippen LogP contribution in [0.1, 0.15) is 20.8 Å². The molecule has 0 aromatic carbocycles. The molecule has 0 saturated heterocycles. The summed E-state index contributed by atoms with van der Waals surface area (Å²) in [6.07, 6.45) is 0.381. The second-order valence-electron chi connectivity index (χ2n) is 2.21. The van der Waals surface area contributed by atoms with Crippen molar-refractivity contribution in [1.82, 2.24) is 4.98 Å². The minimum absolute atomic E-state index is 0.129. The average molecular weight is 181 g/mol. The van der Waals surface area contributed by atoms with Gasteiger partial charge in [-0.25, -0.2) is 9.78 Å². The Morgan fingerprint density at radius 2 is 2.31 bits per heavy atom. The third-order valence-electron chi connectivity index (χ3n) is 1.45. The van der Waals surface area contributed by atoms with Crippen LogP contribution in [0.3, 0.4) is 0 Å². The first-order valence-electron chi connectivity index (χ1n) is 3.42. The largest absolute Gasteiger partial charge is 0.481 e. The molecule has 0 radical (unpaired) electrons. The molecule has 0 saturated carbocycles. The maximum absolute atomic E-state index is 10.5. The molecule has 0 fully saturated rings. The Balaban J connectivity index is 3.23. The van der Waals surface area contributed by atoms with Gasteiger partial charge in [-0.15, -0.1) is 0 Å². The molecule has 5 nitrogen and oxygen atoms in total. The van der Waals surface area contributed by atoms with Gasteiger partial charge in [-0.05, 0) is 6.07 Å². The van der Waals surface area contributed by atoms with E-state index in [0.29, 0.717) is 6.29 Å². The van der Waals surface area contributed by atoms with Crippen LogP contribution in [0.25, 0.3) is 0 Å². The quantitative estimate of drug-likeness (QED) is 0.691. The maximum atomic E-state index is 10.5. The molecule has 5 heteroatoms. The SMILES string of the molecule is COc1ccc(C(=O)O)c(C=O)n1. The lowest BCUT2D eigenvalue weighted by Gasteiger charge is -2.01. The fraction of sp³-hybridized carbons (Fsp3) is 0.125. The number of carboxylic acid groups (broad SMARTS) is 1. The molecule has 1 heterocycles. The Kier molecular flexibility index (Phi) is 2.59. The molecule has 0 spiro atoms. The van der Waals surface area contributed by atoms with Gasteiger partial charge in [0.2, 0.25) is 5.88 Å². The van der Waals surface area contributed by atoms with Crippen molar-refractivity contribution in [1.29, 1.82) is 0 Å². The van der Waals surface area contributed by atoms with Crippen LogP contribution in [-0.4, -0.2) is 29.5 Å². The summed E-state index contributed by atoms with van der Waals surface area (Å²) in [6, 6.07) is 2.66. The maximum Gasteiger partial charge on any atom is 0.338 e. The summed E-state index contributed by atoms with van der Waals surface area (Å²) in [6.45, 7) is 0. The number of methoxy groups -OCH3 is 1. The normalized spacial score (nSPS) is 9.31. The molecule has 0 aliphatic heterocycles. The molecule has 1 aromatic rings. The molecule has 0 aliphatic rings. The van der Waals surface area contributed by atoms with Crippen molar-refractivity contribution in [3.63, 3.8) is 0 Å². The van der Waals surface area contributed by atoms with Crippen LogP contribution in [-0.2, 0) is 0 Å². The standard InChI is InChI=1S/C8H7NO4/c1-13-7-3-2-5(8(11)12)6(4-10)9-7/h2-4H,1H3,(H,11,12). The van der Waals surface area contributed by atoms with Crippen molar-refractivity contribution in [2.75, 3.05) is 7.11 Å². The van der Waals surface area contributed by atoms with Gasteiger partial charge in [0.15, 0.2) is 6.29 Å². The molecule has 1 rings (SSSR count). The van der Waals surface area contributed by atoms with E-state index in [9.17, 15) is 9.59 Å². The van der Waals surface area contributed by atoms with Crippen molar-refractivity contribution in [2.45, 2.75) is 0 Å². The van der Waals surface area contributed by atoms with Crippen molar-refractivity contribution in [3.8, 4) is 5.88 Å². The van der Waals surface area contributed by atoms with E-state index in [1.54, 1.807) is 0 Å². The molecule has 1 N–H and O–H groups in total. The average Bonchev–Trinajstić information content (AvgIpc) is 2.16. The second kappa shape index (κ2) is 3.66. The van der Waals surface area contributed by atoms with Crippen LogP contribution in [0.15, 0.2) is 12.1 Å². The molecule has 0 unspecified atom stereocenters. The predicted octanol–water partition coefficient (Wildman–Crippen LogP) is 0.601. The van der Waals surface area contributed by atoms with E-state index in [1.165, 1.54) is 19.2 Å². The van der Waals surface area contributed by atoms with E-state index in [0.717, 1.165) is 0 Å². The lowest BCUT2D eigenvalue weighted by atomic mass is 10.2. The number of pyridine rings is 1. The molecule has 0 bridgehead atoms. The smallest absolute Gasteiger partial charge is 0.338 e. The lowest BCUT2D eigenvalue weighted by Crippen LogP contribution is -2.04. The highest BCUT2D eigenvalue weighted by Crippen LogP contribution is 2.10. The number of rotatable bonds is 3. The Bertz CT molecular complexity index is 348. The van der Waals surface area contributed by atoms with Gasteiger partial charge >= 0.3 is 5.97 Å². The van der Waals surface area contributed by atoms with E-state index in [1.807, 2.05) is 0 Å². The van der Waals surface area contributed by atoms with Gasteiger partial charge < -0.3 is 9.84 Å². The fourth-order valence-electron chi connectivity index (χ4n) is 0.841. The number of aldehydes is 1. The summed E-state index contributed by atoms with van der Waals surface area (Å²) < 4.78 is 4.73. The van der Waals surface area contributed by atoms with Crippen molar-refractivity contribution in [2.24, 2.45) is 0 Å². The van der Waals surface area contributed by atoms with Gasteiger partial charge in [0.1, 0.15) is 5.69 Å². The minimum atomic E-state index is -1.18. The summed E-state index contributed by atoms with van der Waals surface area (Å²) in [7, 11) is 1.39. The van der Waals surface area contributed by atoms with Crippen LogP contribution in [0.2, 0.25) is 0 Å². The van der Waals surface area contributed by atoms with E-state index >= 15 is 0 Å². The summed E-state index contributed by atoms with van der Waals surface area (Å²) in [4.78, 5) is 24.6. The van der Waals surface area contributed by atoms with E-state index < -0.39 is 5.97 Å². The summed E-state index contributed by atoms with van der Waals surface area (Å²) in [5, 5.41) is 8.62. The van der Waals surface area contributed by atoms with Gasteiger partial charge in [-0.1, -0.05) is 0 Å². The number of hydrogen-bond acceptors (Lipinski definition) is 4. The highest BCUT2D eigenvalue weighted by atomic mass is 16.5. The zero-order valence-corrected chi connectivity index (χ0v) is 6.85. The van der Waals surface area contributed by atoms with Gasteiger partial charge in [-0.2, -0.15) is 0 Å². The minimum Gasteiger partial charge on any atom is -0.481 e. The molecule has 13 heavy (non-hydrogen) atoms. The summed E-state index contributed by atoms with van der Waals surface area (Å²) in [5.74, 6) is -0.968.